The van der Waals surface area contributed by atoms with E-state index in [-0.39, 0.29) is 11.8 Å². The second-order valence-corrected chi connectivity index (χ2v) is 8.59. The van der Waals surface area contributed by atoms with Crippen molar-refractivity contribution in [1.82, 2.24) is 5.32 Å². The maximum Gasteiger partial charge on any atom is 0.326 e. The van der Waals surface area contributed by atoms with Gasteiger partial charge in [0.15, 0.2) is 0 Å². The minimum Gasteiger partial charge on any atom is -0.480 e. The highest BCUT2D eigenvalue weighted by Gasteiger charge is 2.23. The van der Waals surface area contributed by atoms with E-state index in [2.05, 4.69) is 10.6 Å². The molecule has 2 amide bonds. The Hall–Kier alpha value is -3.35. The number of aliphatic carboxylic acids is 1. The van der Waals surface area contributed by atoms with Gasteiger partial charge in [0.25, 0.3) is 11.8 Å². The van der Waals surface area contributed by atoms with Gasteiger partial charge in [-0.15, -0.1) is 0 Å². The topological polar surface area (TPSA) is 95.5 Å². The van der Waals surface area contributed by atoms with E-state index < -0.39 is 17.9 Å². The fraction of sp³-hybridized carbons (Fsp3) is 0.160. The SMILES string of the molecule is CC(C)[C@@H](NC(=O)c1ccc(-c2ccc(NC(=O)c3ccc(Cl)c(Cl)c3)cc2)cc1)C(=O)O. The van der Waals surface area contributed by atoms with Crippen molar-refractivity contribution < 1.29 is 19.5 Å². The van der Waals surface area contributed by atoms with Gasteiger partial charge >= 0.3 is 5.97 Å². The molecular formula is C25H22Cl2N2O4. The lowest BCUT2D eigenvalue weighted by Gasteiger charge is -2.18. The van der Waals surface area contributed by atoms with Gasteiger partial charge < -0.3 is 15.7 Å². The summed E-state index contributed by atoms with van der Waals surface area (Å²) in [7, 11) is 0. The van der Waals surface area contributed by atoms with Crippen molar-refractivity contribution in [3.8, 4) is 11.1 Å². The van der Waals surface area contributed by atoms with Gasteiger partial charge in [0.1, 0.15) is 6.04 Å². The zero-order chi connectivity index (χ0) is 24.1. The fourth-order valence-electron chi connectivity index (χ4n) is 3.14. The molecule has 0 heterocycles. The molecule has 0 aliphatic rings. The average molecular weight is 485 g/mol. The Kier molecular flexibility index (Phi) is 7.74. The van der Waals surface area contributed by atoms with Gasteiger partial charge in [-0.3, -0.25) is 9.59 Å². The molecule has 3 N–H and O–H groups in total. The van der Waals surface area contributed by atoms with Crippen molar-refractivity contribution in [3.63, 3.8) is 0 Å². The summed E-state index contributed by atoms with van der Waals surface area (Å²) in [5, 5.41) is 15.3. The third kappa shape index (κ3) is 6.12. The highest BCUT2D eigenvalue weighted by Crippen LogP contribution is 2.25. The van der Waals surface area contributed by atoms with Crippen molar-refractivity contribution >= 4 is 46.7 Å². The zero-order valence-electron chi connectivity index (χ0n) is 17.9. The molecule has 0 bridgehead atoms. The summed E-state index contributed by atoms with van der Waals surface area (Å²) < 4.78 is 0. The molecule has 6 nitrogen and oxygen atoms in total. The quantitative estimate of drug-likeness (QED) is 0.397. The maximum absolute atomic E-state index is 12.4. The van der Waals surface area contributed by atoms with E-state index in [1.54, 1.807) is 62.4 Å². The van der Waals surface area contributed by atoms with Crippen molar-refractivity contribution in [2.24, 2.45) is 5.92 Å². The van der Waals surface area contributed by atoms with Gasteiger partial charge in [0, 0.05) is 16.8 Å². The van der Waals surface area contributed by atoms with E-state index in [0.29, 0.717) is 26.9 Å². The number of carboxylic acid groups (broad SMARTS) is 1. The molecule has 33 heavy (non-hydrogen) atoms. The third-order valence-corrected chi connectivity index (χ3v) is 5.76. The Labute approximate surface area is 201 Å². The maximum atomic E-state index is 12.4. The number of carboxylic acids is 1. The van der Waals surface area contributed by atoms with Crippen molar-refractivity contribution in [2.75, 3.05) is 5.32 Å². The molecule has 0 unspecified atom stereocenters. The van der Waals surface area contributed by atoms with Crippen LogP contribution in [0.25, 0.3) is 11.1 Å². The lowest BCUT2D eigenvalue weighted by atomic mass is 10.0. The van der Waals surface area contributed by atoms with Crippen LogP contribution in [0.2, 0.25) is 10.0 Å². The number of nitrogens with one attached hydrogen (secondary N) is 2. The Morgan fingerprint density at radius 1 is 0.758 bits per heavy atom. The minimum atomic E-state index is -1.07. The number of halogens is 2. The largest absolute Gasteiger partial charge is 0.480 e. The Balaban J connectivity index is 1.67. The summed E-state index contributed by atoms with van der Waals surface area (Å²) in [6.45, 7) is 3.47. The molecule has 0 saturated heterocycles. The first kappa shape index (κ1) is 24.3. The summed E-state index contributed by atoms with van der Waals surface area (Å²) in [5.74, 6) is -2.05. The molecule has 0 spiro atoms. The standard InChI is InChI=1S/C25H22Cl2N2O4/c1-14(2)22(25(32)33)29-23(30)17-5-3-15(4-6-17)16-7-10-19(11-8-16)28-24(31)18-9-12-20(26)21(27)13-18/h3-14,22H,1-2H3,(H,28,31)(H,29,30)(H,32,33)/t22-/m1/s1. The molecular weight excluding hydrogens is 463 g/mol. The van der Waals surface area contributed by atoms with Crippen LogP contribution in [0.15, 0.2) is 66.7 Å². The van der Waals surface area contributed by atoms with Gasteiger partial charge in [-0.25, -0.2) is 4.79 Å². The second-order valence-electron chi connectivity index (χ2n) is 7.77. The van der Waals surface area contributed by atoms with Crippen molar-refractivity contribution in [1.29, 1.82) is 0 Å². The van der Waals surface area contributed by atoms with E-state index in [9.17, 15) is 19.5 Å². The van der Waals surface area contributed by atoms with Crippen molar-refractivity contribution in [3.05, 3.63) is 87.9 Å². The van der Waals surface area contributed by atoms with E-state index in [1.165, 1.54) is 6.07 Å². The molecule has 170 valence electrons. The van der Waals surface area contributed by atoms with Crippen molar-refractivity contribution in [2.45, 2.75) is 19.9 Å². The molecule has 3 rings (SSSR count). The number of carbonyl (C=O) groups excluding carboxylic acids is 2. The number of hydrogen-bond acceptors (Lipinski definition) is 3. The van der Waals surface area contributed by atoms with E-state index >= 15 is 0 Å². The van der Waals surface area contributed by atoms with Crippen LogP contribution in [0.5, 0.6) is 0 Å². The molecule has 0 fully saturated rings. The predicted octanol–water partition coefficient (Wildman–Crippen LogP) is 5.75. The predicted molar refractivity (Wildman–Crippen MR) is 130 cm³/mol. The number of benzene rings is 3. The average Bonchev–Trinajstić information content (AvgIpc) is 2.79. The summed E-state index contributed by atoms with van der Waals surface area (Å²) in [5.41, 5.74) is 3.13. The molecule has 0 saturated carbocycles. The Morgan fingerprint density at radius 3 is 1.82 bits per heavy atom. The molecule has 1 atom stereocenters. The van der Waals surface area contributed by atoms with Crippen LogP contribution < -0.4 is 10.6 Å². The number of amides is 2. The summed E-state index contributed by atoms with van der Waals surface area (Å²) in [6, 6.07) is 17.8. The molecule has 0 aliphatic heterocycles. The summed E-state index contributed by atoms with van der Waals surface area (Å²) >= 11 is 11.9. The van der Waals surface area contributed by atoms with Crippen LogP contribution in [-0.4, -0.2) is 28.9 Å². The summed E-state index contributed by atoms with van der Waals surface area (Å²) in [4.78, 5) is 36.1. The van der Waals surface area contributed by atoms with Crippen LogP contribution in [0.4, 0.5) is 5.69 Å². The van der Waals surface area contributed by atoms with Crippen LogP contribution in [0, 0.1) is 5.92 Å². The first-order chi connectivity index (χ1) is 15.7. The molecule has 3 aromatic carbocycles. The minimum absolute atomic E-state index is 0.235. The Bertz CT molecular complexity index is 1180. The normalized spacial score (nSPS) is 11.7. The second kappa shape index (κ2) is 10.5. The smallest absolute Gasteiger partial charge is 0.326 e. The van der Waals surface area contributed by atoms with Crippen LogP contribution in [0.1, 0.15) is 34.6 Å². The lowest BCUT2D eigenvalue weighted by molar-refractivity contribution is -0.140. The highest BCUT2D eigenvalue weighted by molar-refractivity contribution is 6.42. The first-order valence-corrected chi connectivity index (χ1v) is 10.9. The number of rotatable bonds is 7. The Morgan fingerprint density at radius 2 is 1.30 bits per heavy atom. The van der Waals surface area contributed by atoms with Gasteiger partial charge in [0.2, 0.25) is 0 Å². The molecule has 0 aromatic heterocycles. The highest BCUT2D eigenvalue weighted by atomic mass is 35.5. The number of anilines is 1. The number of carbonyl (C=O) groups is 3. The molecule has 8 heteroatoms. The van der Waals surface area contributed by atoms with E-state index in [0.717, 1.165) is 11.1 Å². The first-order valence-electron chi connectivity index (χ1n) is 10.2. The molecule has 0 aliphatic carbocycles. The van der Waals surface area contributed by atoms with Gasteiger partial charge in [-0.2, -0.15) is 0 Å². The zero-order valence-corrected chi connectivity index (χ0v) is 19.4. The van der Waals surface area contributed by atoms with E-state index in [4.69, 9.17) is 23.2 Å². The molecule has 0 radical (unpaired) electrons. The van der Waals surface area contributed by atoms with Gasteiger partial charge in [-0.1, -0.05) is 61.3 Å². The van der Waals surface area contributed by atoms with E-state index in [1.807, 2.05) is 12.1 Å². The van der Waals surface area contributed by atoms with Gasteiger partial charge in [-0.05, 0) is 59.5 Å². The number of hydrogen-bond donors (Lipinski definition) is 3. The molecule has 3 aromatic rings. The van der Waals surface area contributed by atoms with Crippen LogP contribution in [-0.2, 0) is 4.79 Å². The van der Waals surface area contributed by atoms with Crippen LogP contribution in [0.3, 0.4) is 0 Å². The fourth-order valence-corrected chi connectivity index (χ4v) is 3.44. The monoisotopic (exact) mass is 484 g/mol. The lowest BCUT2D eigenvalue weighted by Crippen LogP contribution is -2.44. The van der Waals surface area contributed by atoms with Gasteiger partial charge in [0.05, 0.1) is 10.0 Å². The summed E-state index contributed by atoms with van der Waals surface area (Å²) in [6.07, 6.45) is 0. The van der Waals surface area contributed by atoms with Crippen LogP contribution >= 0.6 is 23.2 Å². The third-order valence-electron chi connectivity index (χ3n) is 5.02.